The highest BCUT2D eigenvalue weighted by molar-refractivity contribution is 5.40. The number of β-amino-alcohol motifs (C(OH)–C–C–N with tert-alkyl or cyclic N) is 1. The Morgan fingerprint density at radius 3 is 2.70 bits per heavy atom. The summed E-state index contributed by atoms with van der Waals surface area (Å²) in [4.78, 5) is 2.33. The highest BCUT2D eigenvalue weighted by atomic mass is 19.1. The van der Waals surface area contributed by atoms with Gasteiger partial charge in [0.1, 0.15) is 18.0 Å². The Labute approximate surface area is 135 Å². The third kappa shape index (κ3) is 3.94. The minimum atomic E-state index is -0.568. The second-order valence-corrected chi connectivity index (χ2v) is 6.15. The maximum absolute atomic E-state index is 13.2. The molecule has 0 saturated carbocycles. The summed E-state index contributed by atoms with van der Waals surface area (Å²) < 4.78 is 29.7. The van der Waals surface area contributed by atoms with Crippen LogP contribution >= 0.6 is 0 Å². The van der Waals surface area contributed by atoms with Gasteiger partial charge in [-0.2, -0.15) is 0 Å². The van der Waals surface area contributed by atoms with Gasteiger partial charge in [-0.05, 0) is 31.4 Å². The van der Waals surface area contributed by atoms with Crippen molar-refractivity contribution >= 4 is 0 Å². The number of hydrogen-bond donors (Lipinski definition) is 1. The van der Waals surface area contributed by atoms with Crippen LogP contribution in [0.15, 0.2) is 18.2 Å². The molecule has 2 saturated heterocycles. The Hall–Kier alpha value is -1.37. The molecule has 2 heterocycles. The van der Waals surface area contributed by atoms with E-state index in [9.17, 15) is 9.50 Å². The average molecular weight is 325 g/mol. The van der Waals surface area contributed by atoms with Crippen LogP contribution in [-0.4, -0.2) is 61.7 Å². The first-order chi connectivity index (χ1) is 11.2. The Bertz CT molecular complexity index is 521. The lowest BCUT2D eigenvalue weighted by Gasteiger charge is -2.41. The van der Waals surface area contributed by atoms with Gasteiger partial charge < -0.3 is 19.3 Å². The zero-order chi connectivity index (χ0) is 16.2. The van der Waals surface area contributed by atoms with Gasteiger partial charge in [0, 0.05) is 38.4 Å². The number of aliphatic hydroxyl groups is 1. The molecule has 1 aromatic carbocycles. The van der Waals surface area contributed by atoms with E-state index in [0.29, 0.717) is 24.1 Å². The lowest BCUT2D eigenvalue weighted by atomic mass is 9.99. The van der Waals surface area contributed by atoms with E-state index in [0.717, 1.165) is 39.0 Å². The van der Waals surface area contributed by atoms with Gasteiger partial charge >= 0.3 is 0 Å². The summed E-state index contributed by atoms with van der Waals surface area (Å²) in [6, 6.07) is 4.66. The molecule has 2 aliphatic rings. The van der Waals surface area contributed by atoms with Gasteiger partial charge in [0.15, 0.2) is 11.5 Å². The van der Waals surface area contributed by atoms with Crippen molar-refractivity contribution in [2.24, 2.45) is 0 Å². The number of aliphatic hydroxyl groups excluding tert-OH is 1. The van der Waals surface area contributed by atoms with Crippen molar-refractivity contribution in [3.8, 4) is 11.5 Å². The first-order valence-corrected chi connectivity index (χ1v) is 8.17. The SMILES string of the molecule is COc1cc(F)ccc1O[C@@H]1CCN(C2CCOCC2)C[C@H]1O. The lowest BCUT2D eigenvalue weighted by Crippen LogP contribution is -2.53. The monoisotopic (exact) mass is 325 g/mol. The number of ether oxygens (including phenoxy) is 3. The fourth-order valence-electron chi connectivity index (χ4n) is 3.36. The number of rotatable bonds is 4. The van der Waals surface area contributed by atoms with Gasteiger partial charge in [-0.15, -0.1) is 0 Å². The second-order valence-electron chi connectivity index (χ2n) is 6.15. The maximum atomic E-state index is 13.2. The largest absolute Gasteiger partial charge is 0.493 e. The van der Waals surface area contributed by atoms with Gasteiger partial charge in [0.25, 0.3) is 0 Å². The minimum absolute atomic E-state index is 0.301. The molecule has 2 atom stereocenters. The van der Waals surface area contributed by atoms with Crippen LogP contribution < -0.4 is 9.47 Å². The Balaban J connectivity index is 1.60. The molecule has 1 aromatic rings. The summed E-state index contributed by atoms with van der Waals surface area (Å²) in [6.45, 7) is 3.07. The van der Waals surface area contributed by atoms with E-state index in [4.69, 9.17) is 14.2 Å². The molecule has 23 heavy (non-hydrogen) atoms. The number of hydrogen-bond acceptors (Lipinski definition) is 5. The van der Waals surface area contributed by atoms with E-state index in [1.165, 1.54) is 19.2 Å². The zero-order valence-corrected chi connectivity index (χ0v) is 13.4. The third-order valence-corrected chi connectivity index (χ3v) is 4.66. The molecule has 6 heteroatoms. The van der Waals surface area contributed by atoms with Gasteiger partial charge in [-0.1, -0.05) is 0 Å². The standard InChI is InChI=1S/C17H24FNO4/c1-21-17-10-12(18)2-3-16(17)23-15-4-7-19(11-14(15)20)13-5-8-22-9-6-13/h2-3,10,13-15,20H,4-9,11H2,1H3/t14-,15-/m1/s1. The molecule has 0 bridgehead atoms. The normalized spacial score (nSPS) is 26.9. The second kappa shape index (κ2) is 7.47. The number of methoxy groups -OCH3 is 1. The average Bonchev–Trinajstić information content (AvgIpc) is 2.58. The molecule has 2 aliphatic heterocycles. The molecule has 0 amide bonds. The van der Waals surface area contributed by atoms with Crippen molar-refractivity contribution in [2.75, 3.05) is 33.4 Å². The number of nitrogens with zero attached hydrogens (tertiary/aromatic N) is 1. The smallest absolute Gasteiger partial charge is 0.163 e. The van der Waals surface area contributed by atoms with Crippen molar-refractivity contribution in [3.63, 3.8) is 0 Å². The fraction of sp³-hybridized carbons (Fsp3) is 0.647. The van der Waals surface area contributed by atoms with Gasteiger partial charge in [0.2, 0.25) is 0 Å². The van der Waals surface area contributed by atoms with Crippen molar-refractivity contribution in [1.82, 2.24) is 4.90 Å². The number of benzene rings is 1. The highest BCUT2D eigenvalue weighted by Gasteiger charge is 2.33. The van der Waals surface area contributed by atoms with Crippen molar-refractivity contribution in [3.05, 3.63) is 24.0 Å². The van der Waals surface area contributed by atoms with E-state index < -0.39 is 6.10 Å². The van der Waals surface area contributed by atoms with Gasteiger partial charge in [-0.25, -0.2) is 4.39 Å². The Kier molecular flexibility index (Phi) is 5.35. The van der Waals surface area contributed by atoms with Crippen LogP contribution in [0.5, 0.6) is 11.5 Å². The molecule has 3 rings (SSSR count). The molecule has 1 N–H and O–H groups in total. The topological polar surface area (TPSA) is 51.2 Å². The summed E-state index contributed by atoms with van der Waals surface area (Å²) in [5.41, 5.74) is 0. The molecular formula is C17H24FNO4. The fourth-order valence-corrected chi connectivity index (χ4v) is 3.36. The minimum Gasteiger partial charge on any atom is -0.493 e. The van der Waals surface area contributed by atoms with Crippen LogP contribution in [0.2, 0.25) is 0 Å². The third-order valence-electron chi connectivity index (χ3n) is 4.66. The molecule has 0 unspecified atom stereocenters. The molecule has 0 aromatic heterocycles. The Morgan fingerprint density at radius 2 is 2.00 bits per heavy atom. The van der Waals surface area contributed by atoms with Crippen LogP contribution in [0.3, 0.4) is 0 Å². The molecule has 5 nitrogen and oxygen atoms in total. The summed E-state index contributed by atoms with van der Waals surface area (Å²) in [7, 11) is 1.48. The molecular weight excluding hydrogens is 301 g/mol. The van der Waals surface area contributed by atoms with Crippen molar-refractivity contribution < 1.29 is 23.7 Å². The predicted octanol–water partition coefficient (Wildman–Crippen LogP) is 1.83. The van der Waals surface area contributed by atoms with Crippen LogP contribution in [-0.2, 0) is 4.74 Å². The quantitative estimate of drug-likeness (QED) is 0.915. The van der Waals surface area contributed by atoms with Crippen LogP contribution in [0.25, 0.3) is 0 Å². The summed E-state index contributed by atoms with van der Waals surface area (Å²) in [6.07, 6.45) is 1.90. The summed E-state index contributed by atoms with van der Waals surface area (Å²) >= 11 is 0. The zero-order valence-electron chi connectivity index (χ0n) is 13.4. The lowest BCUT2D eigenvalue weighted by molar-refractivity contribution is -0.0545. The number of likely N-dealkylation sites (tertiary alicyclic amines) is 1. The molecule has 0 aliphatic carbocycles. The number of halogens is 1. The highest BCUT2D eigenvalue weighted by Crippen LogP contribution is 2.31. The molecule has 128 valence electrons. The van der Waals surface area contributed by atoms with Crippen LogP contribution in [0.1, 0.15) is 19.3 Å². The Morgan fingerprint density at radius 1 is 1.22 bits per heavy atom. The first kappa shape index (κ1) is 16.5. The summed E-state index contributed by atoms with van der Waals surface area (Å²) in [5.74, 6) is 0.450. The van der Waals surface area contributed by atoms with Crippen molar-refractivity contribution in [1.29, 1.82) is 0 Å². The van der Waals surface area contributed by atoms with Crippen molar-refractivity contribution in [2.45, 2.75) is 37.5 Å². The number of piperidine rings is 1. The van der Waals surface area contributed by atoms with E-state index in [1.807, 2.05) is 0 Å². The summed E-state index contributed by atoms with van der Waals surface area (Å²) in [5, 5.41) is 10.4. The predicted molar refractivity (Wildman–Crippen MR) is 83.4 cm³/mol. The van der Waals surface area contributed by atoms with E-state index >= 15 is 0 Å². The van der Waals surface area contributed by atoms with Gasteiger partial charge in [0.05, 0.1) is 7.11 Å². The van der Waals surface area contributed by atoms with Crippen LogP contribution in [0.4, 0.5) is 4.39 Å². The van der Waals surface area contributed by atoms with Gasteiger partial charge in [-0.3, -0.25) is 4.90 Å². The first-order valence-electron chi connectivity index (χ1n) is 8.17. The van der Waals surface area contributed by atoms with Crippen LogP contribution in [0, 0.1) is 5.82 Å². The maximum Gasteiger partial charge on any atom is 0.163 e. The molecule has 0 spiro atoms. The van der Waals surface area contributed by atoms with E-state index in [1.54, 1.807) is 6.07 Å². The van der Waals surface area contributed by atoms with E-state index in [2.05, 4.69) is 4.90 Å². The molecule has 0 radical (unpaired) electrons. The molecule has 2 fully saturated rings. The van der Waals surface area contributed by atoms with E-state index in [-0.39, 0.29) is 11.9 Å².